The summed E-state index contributed by atoms with van der Waals surface area (Å²) < 4.78 is 13.7. The van der Waals surface area contributed by atoms with Gasteiger partial charge in [0.25, 0.3) is 5.56 Å². The number of thiazole rings is 1. The fourth-order valence-corrected chi connectivity index (χ4v) is 6.71. The highest BCUT2D eigenvalue weighted by Crippen LogP contribution is 2.36. The number of fused-ring (bicyclic) bond motifs is 1. The Kier molecular flexibility index (Phi) is 7.07. The lowest BCUT2D eigenvalue weighted by molar-refractivity contribution is -0.138. The summed E-state index contributed by atoms with van der Waals surface area (Å²) in [5, 5.41) is 1.94. The molecule has 2 aliphatic rings. The summed E-state index contributed by atoms with van der Waals surface area (Å²) in [6.07, 6.45) is 1.77. The van der Waals surface area contributed by atoms with E-state index in [4.69, 9.17) is 14.1 Å². The summed E-state index contributed by atoms with van der Waals surface area (Å²) in [6.45, 7) is 5.74. The minimum atomic E-state index is -0.643. The van der Waals surface area contributed by atoms with Crippen LogP contribution in [0.1, 0.15) is 29.2 Å². The van der Waals surface area contributed by atoms with Crippen molar-refractivity contribution in [3.05, 3.63) is 101 Å². The van der Waals surface area contributed by atoms with Gasteiger partial charge < -0.3 is 19.0 Å². The Labute approximate surface area is 233 Å². The number of aromatic nitrogens is 1. The number of anilines is 1. The largest absolute Gasteiger partial charge is 0.463 e. The molecule has 3 aromatic heterocycles. The molecule has 0 saturated carbocycles. The number of carbonyl (C=O) groups is 1. The van der Waals surface area contributed by atoms with Gasteiger partial charge in [0.05, 0.1) is 22.4 Å². The molecular formula is C29H28N4O4S2. The van der Waals surface area contributed by atoms with Crippen molar-refractivity contribution in [1.82, 2.24) is 9.47 Å². The van der Waals surface area contributed by atoms with E-state index in [0.29, 0.717) is 26.4 Å². The Morgan fingerprint density at radius 3 is 2.62 bits per heavy atom. The molecule has 0 N–H and O–H groups in total. The number of hydrogen-bond donors (Lipinski definition) is 0. The topological polar surface area (TPSA) is 80.3 Å². The first kappa shape index (κ1) is 25.5. The van der Waals surface area contributed by atoms with Gasteiger partial charge in [-0.3, -0.25) is 9.36 Å². The molecule has 1 atom stereocenters. The number of piperazine rings is 1. The van der Waals surface area contributed by atoms with Gasteiger partial charge in [0.2, 0.25) is 0 Å². The zero-order valence-corrected chi connectivity index (χ0v) is 23.3. The summed E-state index contributed by atoms with van der Waals surface area (Å²) in [5.41, 5.74) is 1.46. The number of nitrogens with zero attached hydrogens (tertiary/aromatic N) is 4. The second-order valence-electron chi connectivity index (χ2n) is 9.41. The number of benzene rings is 1. The number of hydrogen-bond acceptors (Lipinski definition) is 9. The normalized spacial score (nSPS) is 18.3. The van der Waals surface area contributed by atoms with Crippen LogP contribution in [0.4, 0.5) is 5.88 Å². The number of rotatable bonds is 6. The van der Waals surface area contributed by atoms with Crippen molar-refractivity contribution in [3.8, 4) is 0 Å². The van der Waals surface area contributed by atoms with E-state index in [-0.39, 0.29) is 12.2 Å². The first-order valence-corrected chi connectivity index (χ1v) is 14.6. The fourth-order valence-electron chi connectivity index (χ4n) is 4.90. The Hall–Kier alpha value is -3.73. The molecule has 0 aliphatic carbocycles. The van der Waals surface area contributed by atoms with Crippen LogP contribution in [-0.2, 0) is 9.53 Å². The molecule has 0 amide bonds. The van der Waals surface area contributed by atoms with Gasteiger partial charge in [0.15, 0.2) is 10.7 Å². The number of carbonyl (C=O) groups excluding carboxylic acids is 1. The quantitative estimate of drug-likeness (QED) is 0.337. The first-order chi connectivity index (χ1) is 19.0. The summed E-state index contributed by atoms with van der Waals surface area (Å²) in [7, 11) is 2.12. The lowest BCUT2D eigenvalue weighted by atomic mass is 9.97. The molecule has 1 aromatic carbocycles. The first-order valence-electron chi connectivity index (χ1n) is 12.9. The van der Waals surface area contributed by atoms with Crippen LogP contribution in [0.3, 0.4) is 0 Å². The number of thiophene rings is 1. The van der Waals surface area contributed by atoms with E-state index in [1.54, 1.807) is 17.6 Å². The van der Waals surface area contributed by atoms with Gasteiger partial charge in [-0.05, 0) is 31.5 Å². The van der Waals surface area contributed by atoms with E-state index < -0.39 is 12.0 Å². The predicted molar refractivity (Wildman–Crippen MR) is 154 cm³/mol. The van der Waals surface area contributed by atoms with Crippen LogP contribution in [0.25, 0.3) is 11.8 Å². The fraction of sp³-hybridized carbons (Fsp3) is 0.276. The van der Waals surface area contributed by atoms with Crippen LogP contribution >= 0.6 is 22.7 Å². The van der Waals surface area contributed by atoms with Gasteiger partial charge >= 0.3 is 5.97 Å². The van der Waals surface area contributed by atoms with Gasteiger partial charge in [-0.1, -0.05) is 47.7 Å². The summed E-state index contributed by atoms with van der Waals surface area (Å²) in [4.78, 5) is 38.1. The third-order valence-electron chi connectivity index (χ3n) is 6.89. The minimum Gasteiger partial charge on any atom is -0.463 e. The molecule has 8 nitrogen and oxygen atoms in total. The number of likely N-dealkylation sites (N-methyl/N-ethyl adjacent to an activating group) is 1. The van der Waals surface area contributed by atoms with Crippen molar-refractivity contribution in [3.63, 3.8) is 0 Å². The molecule has 200 valence electrons. The van der Waals surface area contributed by atoms with Crippen LogP contribution in [0.15, 0.2) is 79.8 Å². The van der Waals surface area contributed by atoms with Gasteiger partial charge in [0, 0.05) is 48.8 Å². The smallest absolute Gasteiger partial charge is 0.338 e. The van der Waals surface area contributed by atoms with Crippen LogP contribution in [0.2, 0.25) is 0 Å². The second kappa shape index (κ2) is 10.8. The van der Waals surface area contributed by atoms with Gasteiger partial charge in [-0.25, -0.2) is 9.79 Å². The van der Waals surface area contributed by atoms with Crippen molar-refractivity contribution < 1.29 is 13.9 Å². The molecule has 1 saturated heterocycles. The van der Waals surface area contributed by atoms with E-state index in [9.17, 15) is 9.59 Å². The van der Waals surface area contributed by atoms with Crippen molar-refractivity contribution in [1.29, 1.82) is 0 Å². The molecule has 39 heavy (non-hydrogen) atoms. The van der Waals surface area contributed by atoms with Crippen molar-refractivity contribution in [2.45, 2.75) is 13.0 Å². The Balaban J connectivity index is 1.49. The van der Waals surface area contributed by atoms with E-state index in [1.165, 1.54) is 22.7 Å². The Morgan fingerprint density at radius 1 is 1.10 bits per heavy atom. The minimum absolute atomic E-state index is 0.219. The summed E-state index contributed by atoms with van der Waals surface area (Å²) >= 11 is 2.79. The highest BCUT2D eigenvalue weighted by molar-refractivity contribution is 7.10. The summed E-state index contributed by atoms with van der Waals surface area (Å²) in [6, 6.07) is 16.6. The third-order valence-corrected chi connectivity index (χ3v) is 8.79. The molecule has 0 bridgehead atoms. The highest BCUT2D eigenvalue weighted by atomic mass is 32.1. The molecule has 1 unspecified atom stereocenters. The maximum atomic E-state index is 13.9. The predicted octanol–water partition coefficient (Wildman–Crippen LogP) is 3.34. The molecular weight excluding hydrogens is 532 g/mol. The zero-order chi connectivity index (χ0) is 26.9. The lowest BCUT2D eigenvalue weighted by Gasteiger charge is -2.32. The molecule has 0 radical (unpaired) electrons. The average molecular weight is 561 g/mol. The van der Waals surface area contributed by atoms with Gasteiger partial charge in [0.1, 0.15) is 11.8 Å². The summed E-state index contributed by atoms with van der Waals surface area (Å²) in [5.74, 6) is 0.931. The Morgan fingerprint density at radius 2 is 1.90 bits per heavy atom. The van der Waals surface area contributed by atoms with Crippen molar-refractivity contribution >= 4 is 46.3 Å². The molecule has 4 aromatic rings. The Bertz CT molecular complexity index is 1690. The monoisotopic (exact) mass is 560 g/mol. The number of esters is 1. The molecule has 0 spiro atoms. The van der Waals surface area contributed by atoms with Gasteiger partial charge in [-0.15, -0.1) is 11.3 Å². The van der Waals surface area contributed by atoms with Gasteiger partial charge in [-0.2, -0.15) is 0 Å². The zero-order valence-electron chi connectivity index (χ0n) is 21.7. The molecule has 1 fully saturated rings. The maximum Gasteiger partial charge on any atom is 0.338 e. The van der Waals surface area contributed by atoms with E-state index in [1.807, 2.05) is 60.0 Å². The van der Waals surface area contributed by atoms with E-state index in [0.717, 1.165) is 42.5 Å². The average Bonchev–Trinajstić information content (AvgIpc) is 3.71. The molecule has 10 heteroatoms. The van der Waals surface area contributed by atoms with Crippen LogP contribution in [0.5, 0.6) is 0 Å². The van der Waals surface area contributed by atoms with E-state index >= 15 is 0 Å². The van der Waals surface area contributed by atoms with Crippen LogP contribution in [0, 0.1) is 0 Å². The molecule has 5 heterocycles. The van der Waals surface area contributed by atoms with Crippen molar-refractivity contribution in [2.24, 2.45) is 4.99 Å². The maximum absolute atomic E-state index is 13.9. The van der Waals surface area contributed by atoms with Crippen LogP contribution in [-0.4, -0.2) is 55.3 Å². The number of ether oxygens (including phenoxy) is 1. The van der Waals surface area contributed by atoms with Crippen LogP contribution < -0.4 is 19.8 Å². The third kappa shape index (κ3) is 4.91. The van der Waals surface area contributed by atoms with Crippen molar-refractivity contribution in [2.75, 3.05) is 44.7 Å². The standard InChI is InChI=1S/C29H28N4O4S2/c1-3-36-28(35)24-25(19-8-5-4-6-9-19)30-29-33(26(24)21-10-7-17-38-21)27(34)22(39-29)18-20-11-12-23(37-20)32-15-13-31(2)14-16-32/h4-12,17-18,26H,3,13-16H2,1-2H3. The van der Waals surface area contributed by atoms with E-state index in [2.05, 4.69) is 16.8 Å². The SMILES string of the molecule is CCOC(=O)C1=C(c2ccccc2)N=c2sc(=Cc3ccc(N4CCN(C)CC4)o3)c(=O)n2C1c1cccs1. The molecule has 2 aliphatic heterocycles. The highest BCUT2D eigenvalue weighted by Gasteiger charge is 2.35. The number of furan rings is 1. The lowest BCUT2D eigenvalue weighted by Crippen LogP contribution is -2.44. The second-order valence-corrected chi connectivity index (χ2v) is 11.4. The molecule has 6 rings (SSSR count).